The van der Waals surface area contributed by atoms with E-state index in [1.54, 1.807) is 0 Å². The van der Waals surface area contributed by atoms with Gasteiger partial charge in [-0.1, -0.05) is 18.2 Å². The largest absolute Gasteiger partial charge is 0.390 e. The highest BCUT2D eigenvalue weighted by molar-refractivity contribution is 5.52. The molecule has 1 aromatic rings. The summed E-state index contributed by atoms with van der Waals surface area (Å²) < 4.78 is 5.34. The van der Waals surface area contributed by atoms with Crippen molar-refractivity contribution in [3.8, 4) is 0 Å². The summed E-state index contributed by atoms with van der Waals surface area (Å²) >= 11 is 0. The normalized spacial score (nSPS) is 17.7. The van der Waals surface area contributed by atoms with Crippen LogP contribution in [0.3, 0.4) is 0 Å². The van der Waals surface area contributed by atoms with Crippen molar-refractivity contribution in [3.05, 3.63) is 29.8 Å². The Morgan fingerprint density at radius 1 is 1.18 bits per heavy atom. The molecule has 0 radical (unpaired) electrons. The zero-order chi connectivity index (χ0) is 15.9. The summed E-state index contributed by atoms with van der Waals surface area (Å²) in [6, 6.07) is 8.42. The lowest BCUT2D eigenvalue weighted by molar-refractivity contribution is 0.00826. The third-order valence-corrected chi connectivity index (χ3v) is 4.01. The molecule has 1 fully saturated rings. The zero-order valence-corrected chi connectivity index (χ0v) is 14.0. The second kappa shape index (κ2) is 8.48. The van der Waals surface area contributed by atoms with Gasteiger partial charge < -0.3 is 14.7 Å². The van der Waals surface area contributed by atoms with Crippen LogP contribution in [-0.4, -0.2) is 81.5 Å². The number of anilines is 1. The highest BCUT2D eigenvalue weighted by Gasteiger charge is 2.16. The molecule has 22 heavy (non-hydrogen) atoms. The van der Waals surface area contributed by atoms with E-state index in [-0.39, 0.29) is 6.10 Å². The average molecular weight is 307 g/mol. The third kappa shape index (κ3) is 5.25. The van der Waals surface area contributed by atoms with Gasteiger partial charge >= 0.3 is 0 Å². The second-order valence-corrected chi connectivity index (χ2v) is 6.29. The summed E-state index contributed by atoms with van der Waals surface area (Å²) in [5, 5.41) is 10.3. The molecule has 0 aliphatic carbocycles. The number of nitrogens with zero attached hydrogens (tertiary/aromatic N) is 3. The van der Waals surface area contributed by atoms with Crippen LogP contribution in [0.1, 0.15) is 5.56 Å². The van der Waals surface area contributed by atoms with Crippen molar-refractivity contribution in [1.29, 1.82) is 0 Å². The zero-order valence-electron chi connectivity index (χ0n) is 14.0. The SMILES string of the molecule is CN(Cc1ccccc1N(C)C)CC(O)CN1CCOCC1. The second-order valence-electron chi connectivity index (χ2n) is 6.29. The molecule has 2 rings (SSSR count). The first-order valence-corrected chi connectivity index (χ1v) is 7.98. The predicted molar refractivity (Wildman–Crippen MR) is 90.4 cm³/mol. The van der Waals surface area contributed by atoms with Gasteiger partial charge in [-0.2, -0.15) is 0 Å². The number of aliphatic hydroxyl groups is 1. The molecule has 0 aromatic heterocycles. The van der Waals surface area contributed by atoms with Gasteiger partial charge in [-0.05, 0) is 18.7 Å². The minimum atomic E-state index is -0.324. The fourth-order valence-corrected chi connectivity index (χ4v) is 2.94. The molecule has 5 heteroatoms. The van der Waals surface area contributed by atoms with E-state index in [9.17, 15) is 5.11 Å². The Hall–Kier alpha value is -1.14. The van der Waals surface area contributed by atoms with Gasteiger partial charge in [-0.3, -0.25) is 9.80 Å². The van der Waals surface area contributed by atoms with E-state index >= 15 is 0 Å². The molecule has 1 aliphatic rings. The van der Waals surface area contributed by atoms with Crippen molar-refractivity contribution in [2.75, 3.05) is 65.4 Å². The maximum Gasteiger partial charge on any atom is 0.0793 e. The number of rotatable bonds is 7. The van der Waals surface area contributed by atoms with Gasteiger partial charge in [-0.15, -0.1) is 0 Å². The molecule has 1 heterocycles. The van der Waals surface area contributed by atoms with Crippen LogP contribution in [0, 0.1) is 0 Å². The molecular weight excluding hydrogens is 278 g/mol. The number of morpholine rings is 1. The van der Waals surface area contributed by atoms with E-state index < -0.39 is 0 Å². The number of hydrogen-bond acceptors (Lipinski definition) is 5. The number of ether oxygens (including phenoxy) is 1. The monoisotopic (exact) mass is 307 g/mol. The lowest BCUT2D eigenvalue weighted by Gasteiger charge is -2.30. The first kappa shape index (κ1) is 17.2. The number of aliphatic hydroxyl groups excluding tert-OH is 1. The smallest absolute Gasteiger partial charge is 0.0793 e. The Balaban J connectivity index is 1.83. The van der Waals surface area contributed by atoms with Crippen molar-refractivity contribution >= 4 is 5.69 Å². The van der Waals surface area contributed by atoms with Gasteiger partial charge in [0.15, 0.2) is 0 Å². The van der Waals surface area contributed by atoms with Crippen molar-refractivity contribution in [2.45, 2.75) is 12.6 Å². The van der Waals surface area contributed by atoms with Crippen LogP contribution in [-0.2, 0) is 11.3 Å². The Bertz CT molecular complexity index is 447. The number of hydrogen-bond donors (Lipinski definition) is 1. The van der Waals surface area contributed by atoms with E-state index in [4.69, 9.17) is 4.74 Å². The molecule has 0 amide bonds. The fourth-order valence-electron chi connectivity index (χ4n) is 2.94. The molecule has 1 saturated heterocycles. The Labute approximate surface area is 134 Å². The minimum Gasteiger partial charge on any atom is -0.390 e. The van der Waals surface area contributed by atoms with Crippen molar-refractivity contribution in [1.82, 2.24) is 9.80 Å². The Kier molecular flexibility index (Phi) is 6.64. The maximum atomic E-state index is 10.3. The summed E-state index contributed by atoms with van der Waals surface area (Å²) in [7, 11) is 6.19. The molecule has 5 nitrogen and oxygen atoms in total. The molecule has 1 aromatic carbocycles. The molecule has 124 valence electrons. The molecule has 0 saturated carbocycles. The molecule has 0 bridgehead atoms. The van der Waals surface area contributed by atoms with Gasteiger partial charge in [0.2, 0.25) is 0 Å². The average Bonchev–Trinajstić information content (AvgIpc) is 2.48. The molecule has 0 spiro atoms. The van der Waals surface area contributed by atoms with Crippen LogP contribution in [0.4, 0.5) is 5.69 Å². The van der Waals surface area contributed by atoms with Gasteiger partial charge in [0.25, 0.3) is 0 Å². The van der Waals surface area contributed by atoms with Crippen LogP contribution in [0.5, 0.6) is 0 Å². The van der Waals surface area contributed by atoms with E-state index in [0.29, 0.717) is 6.54 Å². The minimum absolute atomic E-state index is 0.324. The fraction of sp³-hybridized carbons (Fsp3) is 0.647. The standard InChI is InChI=1S/C17H29N3O2/c1-18(2)17-7-5-4-6-15(17)12-19(3)13-16(21)14-20-8-10-22-11-9-20/h4-7,16,21H,8-14H2,1-3H3. The summed E-state index contributed by atoms with van der Waals surface area (Å²) in [6.45, 7) is 5.64. The lowest BCUT2D eigenvalue weighted by atomic mass is 10.1. The van der Waals surface area contributed by atoms with Crippen LogP contribution in [0.2, 0.25) is 0 Å². The summed E-state index contributed by atoms with van der Waals surface area (Å²) in [5.41, 5.74) is 2.52. The molecule has 1 atom stereocenters. The quantitative estimate of drug-likeness (QED) is 0.809. The first-order valence-electron chi connectivity index (χ1n) is 7.98. The van der Waals surface area contributed by atoms with E-state index in [1.807, 2.05) is 0 Å². The summed E-state index contributed by atoms with van der Waals surface area (Å²) in [6.07, 6.45) is -0.324. The van der Waals surface area contributed by atoms with Crippen molar-refractivity contribution < 1.29 is 9.84 Å². The summed E-state index contributed by atoms with van der Waals surface area (Å²) in [4.78, 5) is 6.59. The van der Waals surface area contributed by atoms with E-state index in [2.05, 4.69) is 60.1 Å². The van der Waals surface area contributed by atoms with Crippen LogP contribution in [0.15, 0.2) is 24.3 Å². The van der Waals surface area contributed by atoms with Gasteiger partial charge in [0, 0.05) is 52.5 Å². The van der Waals surface area contributed by atoms with Gasteiger partial charge in [0.05, 0.1) is 19.3 Å². The van der Waals surface area contributed by atoms with Crippen molar-refractivity contribution in [3.63, 3.8) is 0 Å². The van der Waals surface area contributed by atoms with Crippen LogP contribution in [0.25, 0.3) is 0 Å². The molecule has 1 N–H and O–H groups in total. The number of benzene rings is 1. The van der Waals surface area contributed by atoms with E-state index in [0.717, 1.165) is 39.4 Å². The molecular formula is C17H29N3O2. The van der Waals surface area contributed by atoms with Gasteiger partial charge in [0.1, 0.15) is 0 Å². The van der Waals surface area contributed by atoms with Crippen molar-refractivity contribution in [2.24, 2.45) is 0 Å². The summed E-state index contributed by atoms with van der Waals surface area (Å²) in [5.74, 6) is 0. The maximum absolute atomic E-state index is 10.3. The van der Waals surface area contributed by atoms with E-state index in [1.165, 1.54) is 11.3 Å². The van der Waals surface area contributed by atoms with Crippen LogP contribution < -0.4 is 4.90 Å². The number of para-hydroxylation sites is 1. The Morgan fingerprint density at radius 2 is 1.86 bits per heavy atom. The lowest BCUT2D eigenvalue weighted by Crippen LogP contribution is -2.44. The first-order chi connectivity index (χ1) is 10.6. The third-order valence-electron chi connectivity index (χ3n) is 4.01. The molecule has 1 unspecified atom stereocenters. The van der Waals surface area contributed by atoms with Crippen LogP contribution >= 0.6 is 0 Å². The molecule has 1 aliphatic heterocycles. The predicted octanol–water partition coefficient (Wildman–Crippen LogP) is 0.878. The highest BCUT2D eigenvalue weighted by Crippen LogP contribution is 2.19. The van der Waals surface area contributed by atoms with Gasteiger partial charge in [-0.25, -0.2) is 0 Å². The Morgan fingerprint density at radius 3 is 2.55 bits per heavy atom. The number of β-amino-alcohol motifs (C(OH)–C–C–N with tert-alkyl or cyclic N) is 1. The topological polar surface area (TPSA) is 39.2 Å². The highest BCUT2D eigenvalue weighted by atomic mass is 16.5. The number of likely N-dealkylation sites (N-methyl/N-ethyl adjacent to an activating group) is 1.